The van der Waals surface area contributed by atoms with Crippen LogP contribution in [-0.2, 0) is 22.6 Å². The molecule has 1 saturated carbocycles. The van der Waals surface area contributed by atoms with Gasteiger partial charge >= 0.3 is 18.3 Å². The molecular weight excluding hydrogens is 354 g/mol. The van der Waals surface area contributed by atoms with Crippen LogP contribution in [0.2, 0.25) is 0 Å². The molecular formula is C16H14F6O3. The number of hydrogen-bond acceptors (Lipinski definition) is 3. The molecule has 0 spiro atoms. The summed E-state index contributed by atoms with van der Waals surface area (Å²) in [6, 6.07) is 2.85. The van der Waals surface area contributed by atoms with Crippen LogP contribution in [0.15, 0.2) is 16.5 Å². The van der Waals surface area contributed by atoms with Crippen molar-refractivity contribution in [1.29, 1.82) is 0 Å². The van der Waals surface area contributed by atoms with Crippen LogP contribution in [0.4, 0.5) is 26.3 Å². The maximum atomic E-state index is 13.2. The van der Waals surface area contributed by atoms with Gasteiger partial charge < -0.3 is 9.15 Å². The predicted octanol–water partition coefficient (Wildman–Crippen LogP) is 4.27. The molecule has 0 saturated heterocycles. The van der Waals surface area contributed by atoms with Crippen LogP contribution >= 0.6 is 0 Å². The third-order valence-corrected chi connectivity index (χ3v) is 4.91. The van der Waals surface area contributed by atoms with Crippen molar-refractivity contribution in [3.63, 3.8) is 0 Å². The Balaban J connectivity index is 2.16. The normalized spacial score (nSPS) is 29.2. The van der Waals surface area contributed by atoms with Gasteiger partial charge in [-0.15, -0.1) is 6.42 Å². The third-order valence-electron chi connectivity index (χ3n) is 4.91. The predicted molar refractivity (Wildman–Crippen MR) is 72.9 cm³/mol. The van der Waals surface area contributed by atoms with Gasteiger partial charge in [-0.1, -0.05) is 5.92 Å². The van der Waals surface area contributed by atoms with Crippen molar-refractivity contribution in [2.75, 3.05) is 0 Å². The van der Waals surface area contributed by atoms with E-state index in [1.807, 2.05) is 0 Å². The molecule has 0 aromatic carbocycles. The zero-order chi connectivity index (χ0) is 19.3. The summed E-state index contributed by atoms with van der Waals surface area (Å²) in [5, 5.41) is 0. The quantitative estimate of drug-likeness (QED) is 0.453. The molecule has 9 heteroatoms. The van der Waals surface area contributed by atoms with Gasteiger partial charge in [0.1, 0.15) is 18.1 Å². The van der Waals surface area contributed by atoms with E-state index in [9.17, 15) is 31.1 Å². The van der Waals surface area contributed by atoms with Gasteiger partial charge in [-0.25, -0.2) is 0 Å². The molecule has 0 bridgehead atoms. The highest BCUT2D eigenvalue weighted by Gasteiger charge is 2.93. The maximum absolute atomic E-state index is 13.2. The van der Waals surface area contributed by atoms with Crippen molar-refractivity contribution >= 4 is 5.97 Å². The molecule has 2 rings (SSSR count). The van der Waals surface area contributed by atoms with Crippen LogP contribution in [0.1, 0.15) is 25.4 Å². The number of esters is 1. The van der Waals surface area contributed by atoms with E-state index in [-0.39, 0.29) is 12.2 Å². The van der Waals surface area contributed by atoms with Crippen LogP contribution in [-0.4, -0.2) is 18.3 Å². The van der Waals surface area contributed by atoms with E-state index >= 15 is 0 Å². The fourth-order valence-electron chi connectivity index (χ4n) is 3.11. The van der Waals surface area contributed by atoms with Crippen molar-refractivity contribution < 1.29 is 40.3 Å². The van der Waals surface area contributed by atoms with Crippen LogP contribution in [0.5, 0.6) is 0 Å². The van der Waals surface area contributed by atoms with Crippen molar-refractivity contribution in [2.24, 2.45) is 16.7 Å². The van der Waals surface area contributed by atoms with Crippen molar-refractivity contribution in [1.82, 2.24) is 0 Å². The molecule has 25 heavy (non-hydrogen) atoms. The van der Waals surface area contributed by atoms with Gasteiger partial charge in [-0.3, -0.25) is 4.79 Å². The summed E-state index contributed by atoms with van der Waals surface area (Å²) >= 11 is 0. The molecule has 0 amide bonds. The number of furan rings is 1. The Bertz CT molecular complexity index is 685. The van der Waals surface area contributed by atoms with Gasteiger partial charge in [0.2, 0.25) is 0 Å². The summed E-state index contributed by atoms with van der Waals surface area (Å²) < 4.78 is 88.8. The summed E-state index contributed by atoms with van der Waals surface area (Å²) in [6.45, 7) is 0.177. The highest BCUT2D eigenvalue weighted by molar-refractivity contribution is 5.79. The Morgan fingerprint density at radius 2 is 1.64 bits per heavy atom. The number of terminal acetylenes is 1. The van der Waals surface area contributed by atoms with Gasteiger partial charge in [0, 0.05) is 0 Å². The fraction of sp³-hybridized carbons (Fsp3) is 0.562. The molecule has 1 aliphatic carbocycles. The molecule has 1 aliphatic rings. The number of carbonyl (C=O) groups is 1. The zero-order valence-electron chi connectivity index (χ0n) is 13.2. The van der Waals surface area contributed by atoms with Gasteiger partial charge in [-0.2, -0.15) is 26.3 Å². The highest BCUT2D eigenvalue weighted by Crippen LogP contribution is 2.80. The largest absolute Gasteiger partial charge is 0.461 e. The first-order chi connectivity index (χ1) is 11.3. The lowest BCUT2D eigenvalue weighted by Gasteiger charge is -2.23. The molecule has 1 aromatic rings. The fourth-order valence-corrected chi connectivity index (χ4v) is 3.11. The monoisotopic (exact) mass is 368 g/mol. The second-order valence-corrected chi connectivity index (χ2v) is 6.19. The minimum atomic E-state index is -5.22. The topological polar surface area (TPSA) is 39.4 Å². The van der Waals surface area contributed by atoms with Crippen LogP contribution < -0.4 is 0 Å². The average molecular weight is 368 g/mol. The van der Waals surface area contributed by atoms with Gasteiger partial charge in [-0.05, 0) is 26.0 Å². The SMILES string of the molecule is C#CCc1ccc(COC(=O)C2C(C)(C(F)(F)F)C2(C)C(F)(F)F)o1. The Morgan fingerprint density at radius 1 is 1.16 bits per heavy atom. The minimum Gasteiger partial charge on any atom is -0.461 e. The zero-order valence-corrected chi connectivity index (χ0v) is 13.2. The first kappa shape index (κ1) is 19.2. The number of hydrogen-bond donors (Lipinski definition) is 0. The molecule has 2 atom stereocenters. The minimum absolute atomic E-state index is 0.0710. The first-order valence-corrected chi connectivity index (χ1v) is 7.12. The number of carbonyl (C=O) groups excluding carboxylic acids is 1. The van der Waals surface area contributed by atoms with Crippen molar-refractivity contribution in [2.45, 2.75) is 39.2 Å². The Morgan fingerprint density at radius 3 is 2.08 bits per heavy atom. The second-order valence-electron chi connectivity index (χ2n) is 6.19. The van der Waals surface area contributed by atoms with Gasteiger partial charge in [0.15, 0.2) is 0 Å². The molecule has 1 fully saturated rings. The molecule has 0 radical (unpaired) electrons. The lowest BCUT2D eigenvalue weighted by molar-refractivity contribution is -0.245. The van der Waals surface area contributed by atoms with E-state index < -0.39 is 41.7 Å². The molecule has 2 unspecified atom stereocenters. The standard InChI is InChI=1S/C16H14F6O3/c1-4-5-9-6-7-10(25-9)8-24-12(23)11-13(2,15(17,18)19)14(11,3)16(20,21)22/h1,6-7,11H,5,8H2,2-3H3. The summed E-state index contributed by atoms with van der Waals surface area (Å²) in [4.78, 5) is 11.9. The Labute approximate surface area is 139 Å². The number of ether oxygens (including phenoxy) is 1. The Hall–Kier alpha value is -2.11. The van der Waals surface area contributed by atoms with Crippen molar-refractivity contribution in [3.05, 3.63) is 23.7 Å². The lowest BCUT2D eigenvalue weighted by Crippen LogP contribution is -2.35. The van der Waals surface area contributed by atoms with Crippen molar-refractivity contribution in [3.8, 4) is 12.3 Å². The lowest BCUT2D eigenvalue weighted by atomic mass is 9.95. The van der Waals surface area contributed by atoms with Crippen LogP contribution in [0.25, 0.3) is 0 Å². The number of rotatable bonds is 4. The molecule has 1 aromatic heterocycles. The molecule has 0 N–H and O–H groups in total. The van der Waals surface area contributed by atoms with Gasteiger partial charge in [0.05, 0.1) is 23.2 Å². The van der Waals surface area contributed by atoms with Gasteiger partial charge in [0.25, 0.3) is 0 Å². The van der Waals surface area contributed by atoms with E-state index in [0.717, 1.165) is 0 Å². The van der Waals surface area contributed by atoms with E-state index in [1.54, 1.807) is 0 Å². The Kier molecular flexibility index (Phi) is 4.39. The third kappa shape index (κ3) is 2.77. The van der Waals surface area contributed by atoms with Crippen LogP contribution in [0.3, 0.4) is 0 Å². The van der Waals surface area contributed by atoms with Crippen LogP contribution in [0, 0.1) is 29.1 Å². The molecule has 1 heterocycles. The first-order valence-electron chi connectivity index (χ1n) is 7.12. The summed E-state index contributed by atoms with van der Waals surface area (Å²) in [6.07, 6.45) is -5.21. The van der Waals surface area contributed by atoms with E-state index in [4.69, 9.17) is 10.8 Å². The highest BCUT2D eigenvalue weighted by atomic mass is 19.4. The molecule has 0 aliphatic heterocycles. The summed E-state index contributed by atoms with van der Waals surface area (Å²) in [5.74, 6) is -1.22. The maximum Gasteiger partial charge on any atom is 0.395 e. The van der Waals surface area contributed by atoms with E-state index in [1.165, 1.54) is 12.1 Å². The molecule has 138 valence electrons. The second kappa shape index (κ2) is 5.71. The average Bonchev–Trinajstić information content (AvgIpc) is 2.80. The number of alkyl halides is 6. The van der Waals surface area contributed by atoms with E-state index in [0.29, 0.717) is 19.6 Å². The number of halogens is 6. The summed E-state index contributed by atoms with van der Waals surface area (Å²) in [5.41, 5.74) is -6.49. The smallest absolute Gasteiger partial charge is 0.395 e. The molecule has 3 nitrogen and oxygen atoms in total. The van der Waals surface area contributed by atoms with E-state index in [2.05, 4.69) is 10.7 Å². The summed E-state index contributed by atoms with van der Waals surface area (Å²) in [7, 11) is 0.